The fourth-order valence-electron chi connectivity index (χ4n) is 1.75. The number of aryl methyl sites for hydroxylation is 1. The Hall–Kier alpha value is -2.37. The molecule has 78 valence electrons. The van der Waals surface area contributed by atoms with Crippen LogP contribution in [0.2, 0.25) is 0 Å². The van der Waals surface area contributed by atoms with Crippen LogP contribution in [0.4, 0.5) is 0 Å². The SMILES string of the molecule is CC[n+]1cn(C(=C=N)C#N)c2ccccc21. The fraction of sp³-hybridized carbons (Fsp3) is 0.167. The predicted octanol–water partition coefficient (Wildman–Crippen LogP) is 1.56. The molecule has 1 aromatic heterocycles. The summed E-state index contributed by atoms with van der Waals surface area (Å²) in [6.45, 7) is 2.86. The van der Waals surface area contributed by atoms with Crippen molar-refractivity contribution >= 4 is 22.6 Å². The second kappa shape index (κ2) is 4.01. The van der Waals surface area contributed by atoms with Crippen LogP contribution in [0.25, 0.3) is 16.7 Å². The molecular weight excluding hydrogens is 200 g/mol. The molecule has 0 aliphatic carbocycles. The Kier molecular flexibility index (Phi) is 2.55. The molecule has 4 nitrogen and oxygen atoms in total. The molecule has 2 aromatic rings. The molecule has 16 heavy (non-hydrogen) atoms. The smallest absolute Gasteiger partial charge is 0.254 e. The minimum Gasteiger partial charge on any atom is -0.254 e. The molecule has 0 spiro atoms. The monoisotopic (exact) mass is 211 g/mol. The Bertz CT molecular complexity index is 624. The maximum absolute atomic E-state index is 8.92. The zero-order valence-electron chi connectivity index (χ0n) is 8.94. The molecule has 0 aliphatic heterocycles. The summed E-state index contributed by atoms with van der Waals surface area (Å²) in [4.78, 5) is 0. The fourth-order valence-corrected chi connectivity index (χ4v) is 1.75. The number of para-hydroxylation sites is 2. The largest absolute Gasteiger partial charge is 0.272 e. The van der Waals surface area contributed by atoms with Crippen LogP contribution in [0.3, 0.4) is 0 Å². The maximum atomic E-state index is 8.92. The van der Waals surface area contributed by atoms with Gasteiger partial charge in [-0.2, -0.15) is 9.83 Å². The Morgan fingerprint density at radius 1 is 1.50 bits per heavy atom. The summed E-state index contributed by atoms with van der Waals surface area (Å²) < 4.78 is 3.72. The summed E-state index contributed by atoms with van der Waals surface area (Å²) in [5.74, 6) is 2.15. The van der Waals surface area contributed by atoms with Crippen LogP contribution in [0, 0.1) is 16.7 Å². The third kappa shape index (κ3) is 1.40. The zero-order chi connectivity index (χ0) is 11.5. The Morgan fingerprint density at radius 2 is 2.25 bits per heavy atom. The molecule has 1 aromatic carbocycles. The number of fused-ring (bicyclic) bond motifs is 1. The molecule has 0 unspecified atom stereocenters. The van der Waals surface area contributed by atoms with Gasteiger partial charge in [-0.1, -0.05) is 12.1 Å². The molecule has 0 radical (unpaired) electrons. The van der Waals surface area contributed by atoms with Gasteiger partial charge in [0.05, 0.1) is 6.54 Å². The van der Waals surface area contributed by atoms with Crippen molar-refractivity contribution < 1.29 is 4.57 Å². The molecule has 1 heterocycles. The number of allylic oxidation sites excluding steroid dienone is 1. The first-order chi connectivity index (χ1) is 7.81. The summed E-state index contributed by atoms with van der Waals surface area (Å²) in [6.07, 6.45) is 1.82. The van der Waals surface area contributed by atoms with E-state index in [4.69, 9.17) is 10.7 Å². The molecule has 0 saturated carbocycles. The molecule has 2 rings (SSSR count). The molecule has 4 heteroatoms. The first-order valence-corrected chi connectivity index (χ1v) is 5.01. The maximum Gasteiger partial charge on any atom is 0.272 e. The summed E-state index contributed by atoms with van der Waals surface area (Å²) in [5, 5.41) is 16.0. The molecule has 0 amide bonds. The van der Waals surface area contributed by atoms with Crippen LogP contribution in [0.5, 0.6) is 0 Å². The minimum absolute atomic E-state index is 0.198. The van der Waals surface area contributed by atoms with Crippen LogP contribution in [0.1, 0.15) is 6.92 Å². The van der Waals surface area contributed by atoms with Crippen molar-refractivity contribution in [3.63, 3.8) is 0 Å². The van der Waals surface area contributed by atoms with E-state index in [-0.39, 0.29) is 5.70 Å². The van der Waals surface area contributed by atoms with Crippen molar-refractivity contribution in [1.82, 2.24) is 4.57 Å². The van der Waals surface area contributed by atoms with Gasteiger partial charge in [-0.05, 0) is 19.1 Å². The number of hydrogen-bond donors (Lipinski definition) is 1. The van der Waals surface area contributed by atoms with Crippen LogP contribution in [0.15, 0.2) is 30.6 Å². The number of nitrogens with one attached hydrogen (secondary N) is 1. The Morgan fingerprint density at radius 3 is 2.88 bits per heavy atom. The topological polar surface area (TPSA) is 56.4 Å². The standard InChI is InChI=1S/C12H11N4/c1-2-15-9-16(10(7-13)8-14)12-6-4-3-5-11(12)15/h3-6,9,13H,2H2,1H3/q+1. The van der Waals surface area contributed by atoms with E-state index in [1.54, 1.807) is 4.57 Å². The van der Waals surface area contributed by atoms with Gasteiger partial charge in [0.25, 0.3) is 12.0 Å². The third-order valence-corrected chi connectivity index (χ3v) is 2.51. The van der Waals surface area contributed by atoms with Gasteiger partial charge in [0.1, 0.15) is 0 Å². The normalized spacial score (nSPS) is 9.75. The second-order valence-corrected chi connectivity index (χ2v) is 3.35. The molecule has 0 aliphatic rings. The van der Waals surface area contributed by atoms with Crippen molar-refractivity contribution in [2.75, 3.05) is 0 Å². The van der Waals surface area contributed by atoms with E-state index >= 15 is 0 Å². The molecule has 0 fully saturated rings. The summed E-state index contributed by atoms with van der Waals surface area (Å²) >= 11 is 0. The van der Waals surface area contributed by atoms with Gasteiger partial charge in [-0.25, -0.2) is 4.57 Å². The second-order valence-electron chi connectivity index (χ2n) is 3.35. The van der Waals surface area contributed by atoms with E-state index in [1.807, 2.05) is 48.2 Å². The van der Waals surface area contributed by atoms with Gasteiger partial charge in [-0.15, -0.1) is 0 Å². The number of nitriles is 1. The van der Waals surface area contributed by atoms with Crippen LogP contribution >= 0.6 is 0 Å². The highest BCUT2D eigenvalue weighted by Gasteiger charge is 2.17. The zero-order valence-corrected chi connectivity index (χ0v) is 8.94. The van der Waals surface area contributed by atoms with Gasteiger partial charge in [0, 0.05) is 5.87 Å². The van der Waals surface area contributed by atoms with E-state index in [0.717, 1.165) is 17.6 Å². The lowest BCUT2D eigenvalue weighted by Crippen LogP contribution is -2.30. The van der Waals surface area contributed by atoms with Crippen LogP contribution in [-0.4, -0.2) is 10.4 Å². The van der Waals surface area contributed by atoms with Gasteiger partial charge in [-0.3, -0.25) is 5.41 Å². The highest BCUT2D eigenvalue weighted by atomic mass is 15.1. The first kappa shape index (κ1) is 10.2. The molecule has 0 saturated heterocycles. The highest BCUT2D eigenvalue weighted by molar-refractivity contribution is 5.91. The number of benzene rings is 1. The average Bonchev–Trinajstić information content (AvgIpc) is 2.70. The highest BCUT2D eigenvalue weighted by Crippen LogP contribution is 2.13. The van der Waals surface area contributed by atoms with Crippen LogP contribution in [-0.2, 0) is 6.54 Å². The van der Waals surface area contributed by atoms with Gasteiger partial charge >= 0.3 is 0 Å². The summed E-state index contributed by atoms with van der Waals surface area (Å²) in [5.41, 5.74) is 2.16. The van der Waals surface area contributed by atoms with Crippen molar-refractivity contribution in [2.45, 2.75) is 13.5 Å². The molecule has 0 atom stereocenters. The summed E-state index contributed by atoms with van der Waals surface area (Å²) in [7, 11) is 0. The lowest BCUT2D eigenvalue weighted by atomic mass is 10.3. The number of nitrogens with zero attached hydrogens (tertiary/aromatic N) is 3. The average molecular weight is 211 g/mol. The van der Waals surface area contributed by atoms with E-state index in [9.17, 15) is 0 Å². The van der Waals surface area contributed by atoms with Crippen LogP contribution < -0.4 is 4.57 Å². The lowest BCUT2D eigenvalue weighted by molar-refractivity contribution is -0.668. The Labute approximate surface area is 93.2 Å². The number of aromatic nitrogens is 2. The van der Waals surface area contributed by atoms with Crippen molar-refractivity contribution in [3.05, 3.63) is 30.6 Å². The molecule has 1 N–H and O–H groups in total. The van der Waals surface area contributed by atoms with Gasteiger partial charge in [0.15, 0.2) is 17.1 Å². The third-order valence-electron chi connectivity index (χ3n) is 2.51. The number of hydrogen-bond acceptors (Lipinski definition) is 2. The number of rotatable bonds is 2. The van der Waals surface area contributed by atoms with E-state index in [1.165, 1.54) is 0 Å². The summed E-state index contributed by atoms with van der Waals surface area (Å²) in [6, 6.07) is 9.76. The number of imidazole rings is 1. The molecular formula is C12H11N4+. The molecule has 0 bridgehead atoms. The van der Waals surface area contributed by atoms with E-state index < -0.39 is 0 Å². The van der Waals surface area contributed by atoms with Crippen molar-refractivity contribution in [1.29, 1.82) is 10.7 Å². The first-order valence-electron chi connectivity index (χ1n) is 5.01. The van der Waals surface area contributed by atoms with E-state index in [0.29, 0.717) is 0 Å². The Balaban J connectivity index is 2.82. The quantitative estimate of drug-likeness (QED) is 0.457. The van der Waals surface area contributed by atoms with E-state index in [2.05, 4.69) is 5.87 Å². The van der Waals surface area contributed by atoms with Crippen molar-refractivity contribution in [2.24, 2.45) is 0 Å². The lowest BCUT2D eigenvalue weighted by Gasteiger charge is -1.89. The van der Waals surface area contributed by atoms with Gasteiger partial charge < -0.3 is 0 Å². The van der Waals surface area contributed by atoms with Gasteiger partial charge in [0.2, 0.25) is 0 Å². The van der Waals surface area contributed by atoms with Crippen molar-refractivity contribution in [3.8, 4) is 6.07 Å². The minimum atomic E-state index is 0.198. The predicted molar refractivity (Wildman–Crippen MR) is 60.8 cm³/mol.